The van der Waals surface area contributed by atoms with Gasteiger partial charge in [-0.1, -0.05) is 24.3 Å². The van der Waals surface area contributed by atoms with Gasteiger partial charge in [0.15, 0.2) is 0 Å². The van der Waals surface area contributed by atoms with Crippen molar-refractivity contribution in [1.82, 2.24) is 14.9 Å². The van der Waals surface area contributed by atoms with E-state index in [-0.39, 0.29) is 12.0 Å². The molecule has 35 heavy (non-hydrogen) atoms. The highest BCUT2D eigenvalue weighted by Gasteiger charge is 2.26. The van der Waals surface area contributed by atoms with Gasteiger partial charge in [0.2, 0.25) is 11.5 Å². The molecule has 3 N–H and O–H groups in total. The molecule has 0 saturated heterocycles. The number of pyridine rings is 1. The summed E-state index contributed by atoms with van der Waals surface area (Å²) < 4.78 is 7.40. The number of anilines is 1. The van der Waals surface area contributed by atoms with E-state index < -0.39 is 23.6 Å². The molecular formula is C27H30N4O4. The molecule has 0 spiro atoms. The lowest BCUT2D eigenvalue weighted by Crippen LogP contribution is -2.47. The third kappa shape index (κ3) is 5.54. The number of para-hydroxylation sites is 1. The van der Waals surface area contributed by atoms with Crippen molar-refractivity contribution in [2.75, 3.05) is 5.32 Å². The molecule has 0 unspecified atom stereocenters. The number of fused-ring (bicyclic) bond motifs is 2. The predicted octanol–water partition coefficient (Wildman–Crippen LogP) is 4.40. The number of alkyl carbamates (subject to hydrolysis) is 1. The quantitative estimate of drug-likeness (QED) is 0.399. The van der Waals surface area contributed by atoms with E-state index in [0.717, 1.165) is 27.4 Å². The van der Waals surface area contributed by atoms with Gasteiger partial charge in [-0.2, -0.15) is 0 Å². The van der Waals surface area contributed by atoms with Crippen molar-refractivity contribution in [2.45, 2.75) is 45.8 Å². The molecule has 8 heteroatoms. The summed E-state index contributed by atoms with van der Waals surface area (Å²) in [6, 6.07) is 13.9. The summed E-state index contributed by atoms with van der Waals surface area (Å²) in [5, 5.41) is 7.51. The van der Waals surface area contributed by atoms with Gasteiger partial charge in [0.05, 0.1) is 5.52 Å². The standard InChI is InChI=1S/C27H30N4O4/c1-16-12-24(32)29-21-14-18(10-11-19(16)21)28-25(33)22(30-26(34)35-27(2,3)4)13-17-15-31(5)23-9-7-6-8-20(17)23/h6-12,14-15,22H,13H2,1-5H3,(H,28,33)(H,29,32)(H,30,34)/t22-/m0/s1. The molecule has 2 aromatic carbocycles. The average molecular weight is 475 g/mol. The van der Waals surface area contributed by atoms with Gasteiger partial charge in [0.1, 0.15) is 11.6 Å². The first kappa shape index (κ1) is 24.1. The van der Waals surface area contributed by atoms with Crippen molar-refractivity contribution in [1.29, 1.82) is 0 Å². The molecule has 0 bridgehead atoms. The lowest BCUT2D eigenvalue weighted by molar-refractivity contribution is -0.118. The Hall–Kier alpha value is -4.07. The number of aromatic amines is 1. The number of amides is 2. The Kier molecular flexibility index (Phi) is 6.39. The Morgan fingerprint density at radius 1 is 1.09 bits per heavy atom. The summed E-state index contributed by atoms with van der Waals surface area (Å²) >= 11 is 0. The van der Waals surface area contributed by atoms with Crippen LogP contribution in [0.3, 0.4) is 0 Å². The number of carbonyl (C=O) groups is 2. The normalized spacial score (nSPS) is 12.5. The molecule has 4 rings (SSSR count). The fourth-order valence-corrected chi connectivity index (χ4v) is 4.21. The van der Waals surface area contributed by atoms with E-state index in [4.69, 9.17) is 4.74 Å². The molecule has 0 aliphatic rings. The maximum atomic E-state index is 13.4. The van der Waals surface area contributed by atoms with Gasteiger partial charge in [-0.05, 0) is 57.0 Å². The molecule has 8 nitrogen and oxygen atoms in total. The largest absolute Gasteiger partial charge is 0.444 e. The van der Waals surface area contributed by atoms with E-state index in [0.29, 0.717) is 11.2 Å². The first-order chi connectivity index (χ1) is 16.5. The van der Waals surface area contributed by atoms with E-state index >= 15 is 0 Å². The number of benzene rings is 2. The fraction of sp³-hybridized carbons (Fsp3) is 0.296. The molecule has 0 radical (unpaired) electrons. The number of aryl methyl sites for hydroxylation is 2. The SMILES string of the molecule is Cc1cc(=O)[nH]c2cc(NC(=O)[C@H](Cc3cn(C)c4ccccc34)NC(=O)OC(C)(C)C)ccc12. The maximum Gasteiger partial charge on any atom is 0.408 e. The second-order valence-electron chi connectivity index (χ2n) is 9.75. The molecule has 2 amide bonds. The van der Waals surface area contributed by atoms with Crippen LogP contribution in [-0.4, -0.2) is 33.2 Å². The van der Waals surface area contributed by atoms with Crippen molar-refractivity contribution in [2.24, 2.45) is 7.05 Å². The van der Waals surface area contributed by atoms with Gasteiger partial charge in [-0.15, -0.1) is 0 Å². The van der Waals surface area contributed by atoms with E-state index in [1.165, 1.54) is 6.07 Å². The molecule has 2 aromatic heterocycles. The molecular weight excluding hydrogens is 444 g/mol. The van der Waals surface area contributed by atoms with Crippen LogP contribution in [0, 0.1) is 6.92 Å². The highest BCUT2D eigenvalue weighted by Crippen LogP contribution is 2.23. The Morgan fingerprint density at radius 3 is 2.57 bits per heavy atom. The van der Waals surface area contributed by atoms with E-state index in [9.17, 15) is 14.4 Å². The zero-order valence-electron chi connectivity index (χ0n) is 20.6. The summed E-state index contributed by atoms with van der Waals surface area (Å²) in [4.78, 5) is 40.6. The Balaban J connectivity index is 1.63. The first-order valence-corrected chi connectivity index (χ1v) is 11.5. The number of nitrogens with one attached hydrogen (secondary N) is 3. The zero-order chi connectivity index (χ0) is 25.3. The topological polar surface area (TPSA) is 105 Å². The highest BCUT2D eigenvalue weighted by atomic mass is 16.6. The molecule has 182 valence electrons. The van der Waals surface area contributed by atoms with Gasteiger partial charge < -0.3 is 24.9 Å². The number of aromatic nitrogens is 2. The number of nitrogens with zero attached hydrogens (tertiary/aromatic N) is 1. The third-order valence-corrected chi connectivity index (χ3v) is 5.73. The van der Waals surface area contributed by atoms with Crippen molar-refractivity contribution in [3.8, 4) is 0 Å². The molecule has 0 aliphatic heterocycles. The lowest BCUT2D eigenvalue weighted by Gasteiger charge is -2.23. The van der Waals surface area contributed by atoms with E-state index in [1.807, 2.05) is 55.1 Å². The molecule has 4 aromatic rings. The van der Waals surface area contributed by atoms with Crippen LogP contribution in [0.1, 0.15) is 31.9 Å². The zero-order valence-corrected chi connectivity index (χ0v) is 20.6. The van der Waals surface area contributed by atoms with Gasteiger partial charge in [-0.3, -0.25) is 9.59 Å². The van der Waals surface area contributed by atoms with Gasteiger partial charge in [0, 0.05) is 47.7 Å². The summed E-state index contributed by atoms with van der Waals surface area (Å²) in [5.74, 6) is -0.391. The Morgan fingerprint density at radius 2 is 1.83 bits per heavy atom. The van der Waals surface area contributed by atoms with Crippen LogP contribution in [0.2, 0.25) is 0 Å². The van der Waals surface area contributed by atoms with Crippen LogP contribution in [0.5, 0.6) is 0 Å². The number of H-pyrrole nitrogens is 1. The molecule has 1 atom stereocenters. The summed E-state index contributed by atoms with van der Waals surface area (Å²) in [7, 11) is 1.94. The van der Waals surface area contributed by atoms with E-state index in [2.05, 4.69) is 15.6 Å². The minimum absolute atomic E-state index is 0.209. The minimum Gasteiger partial charge on any atom is -0.444 e. The summed E-state index contributed by atoms with van der Waals surface area (Å²) in [6.45, 7) is 7.17. The lowest BCUT2D eigenvalue weighted by atomic mass is 10.0. The fourth-order valence-electron chi connectivity index (χ4n) is 4.21. The van der Waals surface area contributed by atoms with Gasteiger partial charge in [0.25, 0.3) is 0 Å². The van der Waals surface area contributed by atoms with Crippen LogP contribution < -0.4 is 16.2 Å². The van der Waals surface area contributed by atoms with Crippen LogP contribution in [0.25, 0.3) is 21.8 Å². The maximum absolute atomic E-state index is 13.4. The number of carbonyl (C=O) groups excluding carboxylic acids is 2. The van der Waals surface area contributed by atoms with Gasteiger partial charge >= 0.3 is 6.09 Å². The van der Waals surface area contributed by atoms with Crippen LogP contribution in [0.4, 0.5) is 10.5 Å². The first-order valence-electron chi connectivity index (χ1n) is 11.5. The van der Waals surface area contributed by atoms with Crippen molar-refractivity contribution in [3.63, 3.8) is 0 Å². The van der Waals surface area contributed by atoms with Crippen molar-refractivity contribution >= 4 is 39.5 Å². The van der Waals surface area contributed by atoms with Gasteiger partial charge in [-0.25, -0.2) is 4.79 Å². The van der Waals surface area contributed by atoms with Crippen molar-refractivity contribution < 1.29 is 14.3 Å². The Bertz CT molecular complexity index is 1480. The number of hydrogen-bond acceptors (Lipinski definition) is 4. The molecule has 2 heterocycles. The molecule has 0 saturated carbocycles. The van der Waals surface area contributed by atoms with E-state index in [1.54, 1.807) is 32.9 Å². The van der Waals surface area contributed by atoms with Crippen LogP contribution in [-0.2, 0) is 23.0 Å². The van der Waals surface area contributed by atoms with Crippen molar-refractivity contribution in [3.05, 3.63) is 76.2 Å². The number of hydrogen-bond donors (Lipinski definition) is 3. The highest BCUT2D eigenvalue weighted by molar-refractivity contribution is 5.99. The summed E-state index contributed by atoms with van der Waals surface area (Å²) in [5.41, 5.74) is 3.04. The second kappa shape index (κ2) is 9.29. The Labute approximate surface area is 203 Å². The monoisotopic (exact) mass is 474 g/mol. The van der Waals surface area contributed by atoms with Crippen LogP contribution >= 0.6 is 0 Å². The van der Waals surface area contributed by atoms with Crippen LogP contribution in [0.15, 0.2) is 59.5 Å². The second-order valence-corrected chi connectivity index (χ2v) is 9.75. The predicted molar refractivity (Wildman–Crippen MR) is 138 cm³/mol. The number of rotatable bonds is 5. The average Bonchev–Trinajstić information content (AvgIpc) is 3.07. The molecule has 0 aliphatic carbocycles. The minimum atomic E-state index is -0.886. The smallest absolute Gasteiger partial charge is 0.408 e. The summed E-state index contributed by atoms with van der Waals surface area (Å²) in [6.07, 6.45) is 1.57. The number of ether oxygens (including phenoxy) is 1. The third-order valence-electron chi connectivity index (χ3n) is 5.73. The molecule has 0 fully saturated rings.